The number of hydrogen-bond donors (Lipinski definition) is 0. The third-order valence-corrected chi connectivity index (χ3v) is 2.34. The second-order valence-corrected chi connectivity index (χ2v) is 2.90. The van der Waals surface area contributed by atoms with E-state index in [-0.39, 0.29) is 0 Å². The van der Waals surface area contributed by atoms with Crippen LogP contribution in [-0.2, 0) is 0 Å². The Bertz CT molecular complexity index is 122. The third kappa shape index (κ3) is 0.229. The van der Waals surface area contributed by atoms with Crippen LogP contribution in [0.2, 0.25) is 0 Å². The highest BCUT2D eigenvalue weighted by molar-refractivity contribution is 5.21. The van der Waals surface area contributed by atoms with Crippen LogP contribution in [0.1, 0.15) is 19.3 Å². The van der Waals surface area contributed by atoms with E-state index in [2.05, 4.69) is 5.92 Å². The molecule has 0 aliphatic heterocycles. The van der Waals surface area contributed by atoms with E-state index in [1.54, 1.807) is 0 Å². The molecule has 3 aliphatic rings. The first-order chi connectivity index (χ1) is 3.35. The van der Waals surface area contributed by atoms with Gasteiger partial charge in [0.1, 0.15) is 0 Å². The molecule has 36 valence electrons. The maximum absolute atomic E-state index is 5.26. The summed E-state index contributed by atoms with van der Waals surface area (Å²) in [6.45, 7) is 0. The predicted molar refractivity (Wildman–Crippen MR) is 28.6 cm³/mol. The van der Waals surface area contributed by atoms with Crippen molar-refractivity contribution in [3.05, 3.63) is 0 Å². The molecule has 3 fully saturated rings. The monoisotopic (exact) mass is 92.1 g/mol. The minimum atomic E-state index is 0.435. The number of hydrogen-bond acceptors (Lipinski definition) is 0. The van der Waals surface area contributed by atoms with Crippen LogP contribution in [-0.4, -0.2) is 0 Å². The first-order valence-corrected chi connectivity index (χ1v) is 2.82. The molecular formula is C7H8. The highest BCUT2D eigenvalue weighted by atomic mass is 14.6. The highest BCUT2D eigenvalue weighted by Gasteiger charge is 2.55. The Morgan fingerprint density at radius 3 is 2.00 bits per heavy atom. The summed E-state index contributed by atoms with van der Waals surface area (Å²) in [5, 5.41) is 0. The van der Waals surface area contributed by atoms with Crippen molar-refractivity contribution in [2.75, 3.05) is 0 Å². The summed E-state index contributed by atoms with van der Waals surface area (Å²) < 4.78 is 0. The summed E-state index contributed by atoms with van der Waals surface area (Å²) in [6.07, 6.45) is 9.27. The van der Waals surface area contributed by atoms with Crippen molar-refractivity contribution in [1.82, 2.24) is 0 Å². The van der Waals surface area contributed by atoms with E-state index < -0.39 is 0 Å². The number of rotatable bonds is 0. The van der Waals surface area contributed by atoms with Gasteiger partial charge in [0.2, 0.25) is 0 Å². The van der Waals surface area contributed by atoms with Crippen LogP contribution < -0.4 is 0 Å². The van der Waals surface area contributed by atoms with E-state index in [0.29, 0.717) is 5.41 Å². The van der Waals surface area contributed by atoms with Gasteiger partial charge in [0.15, 0.2) is 0 Å². The van der Waals surface area contributed by atoms with Gasteiger partial charge >= 0.3 is 0 Å². The third-order valence-electron chi connectivity index (χ3n) is 2.34. The summed E-state index contributed by atoms with van der Waals surface area (Å²) in [5.74, 6) is 3.88. The molecule has 0 heterocycles. The van der Waals surface area contributed by atoms with Crippen LogP contribution in [0, 0.1) is 23.7 Å². The van der Waals surface area contributed by atoms with Crippen molar-refractivity contribution in [3.63, 3.8) is 0 Å². The van der Waals surface area contributed by atoms with Crippen molar-refractivity contribution in [2.45, 2.75) is 19.3 Å². The van der Waals surface area contributed by atoms with Crippen LogP contribution in [0.15, 0.2) is 0 Å². The van der Waals surface area contributed by atoms with Gasteiger partial charge in [-0.2, -0.15) is 0 Å². The lowest BCUT2D eigenvalue weighted by Gasteiger charge is -2.58. The quantitative estimate of drug-likeness (QED) is 0.396. The van der Waals surface area contributed by atoms with Crippen LogP contribution in [0.4, 0.5) is 0 Å². The zero-order valence-electron chi connectivity index (χ0n) is 4.28. The Kier molecular flexibility index (Phi) is 0.371. The number of terminal acetylenes is 1. The first-order valence-electron chi connectivity index (χ1n) is 2.82. The van der Waals surface area contributed by atoms with E-state index in [1.807, 2.05) is 0 Å². The second-order valence-electron chi connectivity index (χ2n) is 2.90. The Morgan fingerprint density at radius 1 is 1.43 bits per heavy atom. The molecule has 0 unspecified atom stereocenters. The van der Waals surface area contributed by atoms with Gasteiger partial charge in [0.05, 0.1) is 0 Å². The average molecular weight is 92.1 g/mol. The summed E-state index contributed by atoms with van der Waals surface area (Å²) >= 11 is 0. The van der Waals surface area contributed by atoms with Gasteiger partial charge in [0, 0.05) is 5.41 Å². The fraction of sp³-hybridized carbons (Fsp3) is 0.714. The lowest BCUT2D eigenvalue weighted by atomic mass is 9.45. The molecule has 0 atom stereocenters. The van der Waals surface area contributed by atoms with Gasteiger partial charge in [0.25, 0.3) is 0 Å². The Morgan fingerprint density at radius 2 is 2.00 bits per heavy atom. The standard InChI is InChI=1S/C7H8/c1-2-7-3-6(4-7)5-7/h1,6H,3-5H2. The van der Waals surface area contributed by atoms with Crippen molar-refractivity contribution in [3.8, 4) is 12.3 Å². The predicted octanol–water partition coefficient (Wildman–Crippen LogP) is 1.42. The Balaban J connectivity index is 2.20. The molecule has 0 saturated heterocycles. The molecule has 3 aliphatic carbocycles. The molecule has 0 aromatic carbocycles. The molecule has 0 nitrogen and oxygen atoms in total. The van der Waals surface area contributed by atoms with Crippen LogP contribution in [0.5, 0.6) is 0 Å². The van der Waals surface area contributed by atoms with Gasteiger partial charge in [-0.25, -0.2) is 0 Å². The van der Waals surface area contributed by atoms with Crippen LogP contribution >= 0.6 is 0 Å². The molecule has 3 rings (SSSR count). The van der Waals surface area contributed by atoms with Crippen molar-refractivity contribution < 1.29 is 0 Å². The molecule has 7 heavy (non-hydrogen) atoms. The van der Waals surface area contributed by atoms with E-state index >= 15 is 0 Å². The maximum Gasteiger partial charge on any atom is 0.0320 e. The smallest absolute Gasteiger partial charge is 0.0320 e. The van der Waals surface area contributed by atoms with Crippen molar-refractivity contribution in [1.29, 1.82) is 0 Å². The average Bonchev–Trinajstić information content (AvgIpc) is 1.25. The zero-order chi connectivity index (χ0) is 4.91. The molecule has 0 amide bonds. The normalized spacial score (nSPS) is 53.9. The summed E-state index contributed by atoms with van der Waals surface area (Å²) in [6, 6.07) is 0. The van der Waals surface area contributed by atoms with Gasteiger partial charge in [-0.3, -0.25) is 0 Å². The molecule has 0 radical (unpaired) electrons. The van der Waals surface area contributed by atoms with Crippen LogP contribution in [0.3, 0.4) is 0 Å². The van der Waals surface area contributed by atoms with Crippen molar-refractivity contribution in [2.24, 2.45) is 11.3 Å². The van der Waals surface area contributed by atoms with Gasteiger partial charge in [-0.05, 0) is 25.2 Å². The fourth-order valence-electron chi connectivity index (χ4n) is 1.66. The Labute approximate surface area is 43.9 Å². The van der Waals surface area contributed by atoms with Crippen molar-refractivity contribution >= 4 is 0 Å². The SMILES string of the molecule is C#CC12CC(C1)C2. The van der Waals surface area contributed by atoms with Crippen LogP contribution in [0.25, 0.3) is 0 Å². The summed E-state index contributed by atoms with van der Waals surface area (Å²) in [4.78, 5) is 0. The van der Waals surface area contributed by atoms with E-state index in [0.717, 1.165) is 5.92 Å². The molecule has 3 saturated carbocycles. The fourth-order valence-corrected chi connectivity index (χ4v) is 1.66. The molecule has 2 bridgehead atoms. The molecule has 0 aromatic heterocycles. The molecule has 0 heteroatoms. The minimum Gasteiger partial charge on any atom is -0.120 e. The van der Waals surface area contributed by atoms with Gasteiger partial charge < -0.3 is 0 Å². The molecule has 0 N–H and O–H groups in total. The minimum absolute atomic E-state index is 0.435. The molecule has 0 aromatic rings. The van der Waals surface area contributed by atoms with Gasteiger partial charge in [-0.1, -0.05) is 5.92 Å². The maximum atomic E-state index is 5.26. The largest absolute Gasteiger partial charge is 0.120 e. The topological polar surface area (TPSA) is 0 Å². The van der Waals surface area contributed by atoms with E-state index in [1.165, 1.54) is 19.3 Å². The van der Waals surface area contributed by atoms with Gasteiger partial charge in [-0.15, -0.1) is 6.42 Å². The first kappa shape index (κ1) is 3.55. The zero-order valence-corrected chi connectivity index (χ0v) is 4.28. The second kappa shape index (κ2) is 0.733. The van der Waals surface area contributed by atoms with E-state index in [9.17, 15) is 0 Å². The highest BCUT2D eigenvalue weighted by Crippen LogP contribution is 2.63. The van der Waals surface area contributed by atoms with E-state index in [4.69, 9.17) is 6.42 Å². The lowest BCUT2D eigenvalue weighted by molar-refractivity contribution is -0.0504. The molecular weight excluding hydrogens is 84.1 g/mol. The summed E-state index contributed by atoms with van der Waals surface area (Å²) in [7, 11) is 0. The Hall–Kier alpha value is -0.440. The summed E-state index contributed by atoms with van der Waals surface area (Å²) in [5.41, 5.74) is 0.435. The molecule has 0 spiro atoms. The lowest BCUT2D eigenvalue weighted by Crippen LogP contribution is -2.50.